The zero-order valence-electron chi connectivity index (χ0n) is 13.6. The second-order valence-corrected chi connectivity index (χ2v) is 5.03. The van der Waals surface area contributed by atoms with E-state index in [1.165, 1.54) is 0 Å². The molecule has 0 spiro atoms. The van der Waals surface area contributed by atoms with Crippen LogP contribution in [0.5, 0.6) is 17.2 Å². The van der Waals surface area contributed by atoms with Crippen molar-refractivity contribution in [1.29, 1.82) is 0 Å². The average molecular weight is 315 g/mol. The van der Waals surface area contributed by atoms with Gasteiger partial charge in [-0.2, -0.15) is 0 Å². The molecule has 2 rings (SSSR count). The minimum absolute atomic E-state index is 0.0749. The monoisotopic (exact) mass is 315 g/mol. The van der Waals surface area contributed by atoms with E-state index in [1.807, 2.05) is 37.3 Å². The maximum atomic E-state index is 12.0. The number of rotatable bonds is 7. The van der Waals surface area contributed by atoms with Crippen LogP contribution >= 0.6 is 0 Å². The zero-order valence-corrected chi connectivity index (χ0v) is 13.6. The number of aryl methyl sites for hydroxylation is 1. The fraction of sp³-hybridized carbons (Fsp3) is 0.278. The minimum atomic E-state index is -0.209. The average Bonchev–Trinajstić information content (AvgIpc) is 2.58. The predicted molar refractivity (Wildman–Crippen MR) is 88.1 cm³/mol. The fourth-order valence-electron chi connectivity index (χ4n) is 2.17. The van der Waals surface area contributed by atoms with Gasteiger partial charge in [-0.1, -0.05) is 29.8 Å². The second-order valence-electron chi connectivity index (χ2n) is 5.03. The van der Waals surface area contributed by atoms with Crippen molar-refractivity contribution >= 4 is 5.91 Å². The Balaban J connectivity index is 1.89. The molecular weight excluding hydrogens is 294 g/mol. The Morgan fingerprint density at radius 2 is 1.70 bits per heavy atom. The van der Waals surface area contributed by atoms with Gasteiger partial charge in [-0.3, -0.25) is 4.79 Å². The maximum Gasteiger partial charge on any atom is 0.258 e. The fourth-order valence-corrected chi connectivity index (χ4v) is 2.17. The molecule has 0 aromatic heterocycles. The summed E-state index contributed by atoms with van der Waals surface area (Å²) < 4.78 is 16.0. The lowest BCUT2D eigenvalue weighted by atomic mass is 10.1. The van der Waals surface area contributed by atoms with E-state index < -0.39 is 0 Å². The lowest BCUT2D eigenvalue weighted by Gasteiger charge is -2.12. The largest absolute Gasteiger partial charge is 0.496 e. The molecule has 0 saturated heterocycles. The van der Waals surface area contributed by atoms with E-state index in [1.54, 1.807) is 26.4 Å². The highest BCUT2D eigenvalue weighted by atomic mass is 16.5. The summed E-state index contributed by atoms with van der Waals surface area (Å²) in [5.74, 6) is 1.68. The normalized spacial score (nSPS) is 10.0. The van der Waals surface area contributed by atoms with Gasteiger partial charge >= 0.3 is 0 Å². The Labute approximate surface area is 136 Å². The Kier molecular flexibility index (Phi) is 5.86. The summed E-state index contributed by atoms with van der Waals surface area (Å²) in [5.41, 5.74) is 2.04. The van der Waals surface area contributed by atoms with Gasteiger partial charge < -0.3 is 19.5 Å². The number of methoxy groups -OCH3 is 2. The molecule has 1 N–H and O–H groups in total. The molecule has 5 nitrogen and oxygen atoms in total. The summed E-state index contributed by atoms with van der Waals surface area (Å²) in [6.45, 7) is 2.31. The van der Waals surface area contributed by atoms with Crippen LogP contribution in [0.1, 0.15) is 11.1 Å². The molecule has 0 aliphatic carbocycles. The highest BCUT2D eigenvalue weighted by Gasteiger charge is 2.08. The SMILES string of the molecule is COc1ccc(C)cc1CNC(=O)COc1ccccc1OC. The molecule has 0 bridgehead atoms. The molecule has 0 unspecified atom stereocenters. The van der Waals surface area contributed by atoms with E-state index in [4.69, 9.17) is 14.2 Å². The van der Waals surface area contributed by atoms with Crippen LogP contribution in [0.15, 0.2) is 42.5 Å². The quantitative estimate of drug-likeness (QED) is 0.853. The maximum absolute atomic E-state index is 12.0. The molecule has 1 amide bonds. The van der Waals surface area contributed by atoms with Crippen LogP contribution < -0.4 is 19.5 Å². The second kappa shape index (κ2) is 8.08. The van der Waals surface area contributed by atoms with Gasteiger partial charge in [0.1, 0.15) is 5.75 Å². The van der Waals surface area contributed by atoms with E-state index in [2.05, 4.69) is 5.32 Å². The van der Waals surface area contributed by atoms with E-state index in [0.717, 1.165) is 16.9 Å². The van der Waals surface area contributed by atoms with Crippen LogP contribution in [0.3, 0.4) is 0 Å². The third-order valence-corrected chi connectivity index (χ3v) is 3.34. The molecule has 122 valence electrons. The number of hydrogen-bond acceptors (Lipinski definition) is 4. The smallest absolute Gasteiger partial charge is 0.258 e. The van der Waals surface area contributed by atoms with Crippen molar-refractivity contribution in [3.05, 3.63) is 53.6 Å². The minimum Gasteiger partial charge on any atom is -0.496 e. The van der Waals surface area contributed by atoms with E-state index >= 15 is 0 Å². The van der Waals surface area contributed by atoms with Crippen molar-refractivity contribution in [2.75, 3.05) is 20.8 Å². The first-order valence-corrected chi connectivity index (χ1v) is 7.30. The molecule has 2 aromatic carbocycles. The third-order valence-electron chi connectivity index (χ3n) is 3.34. The molecule has 5 heteroatoms. The van der Waals surface area contributed by atoms with Gasteiger partial charge in [0.25, 0.3) is 5.91 Å². The van der Waals surface area contributed by atoms with Crippen molar-refractivity contribution in [1.82, 2.24) is 5.32 Å². The van der Waals surface area contributed by atoms with Gasteiger partial charge in [0, 0.05) is 12.1 Å². The Bertz CT molecular complexity index is 670. The van der Waals surface area contributed by atoms with Gasteiger partial charge in [0.15, 0.2) is 18.1 Å². The first-order chi connectivity index (χ1) is 11.1. The molecule has 0 aliphatic heterocycles. The van der Waals surface area contributed by atoms with Gasteiger partial charge in [-0.05, 0) is 25.1 Å². The summed E-state index contributed by atoms with van der Waals surface area (Å²) in [7, 11) is 3.17. The van der Waals surface area contributed by atoms with Crippen LogP contribution in [-0.4, -0.2) is 26.7 Å². The van der Waals surface area contributed by atoms with Gasteiger partial charge in [0.05, 0.1) is 14.2 Å². The van der Waals surface area contributed by atoms with Crippen molar-refractivity contribution in [3.63, 3.8) is 0 Å². The number of carbonyl (C=O) groups is 1. The predicted octanol–water partition coefficient (Wildman–Crippen LogP) is 2.71. The topological polar surface area (TPSA) is 56.8 Å². The lowest BCUT2D eigenvalue weighted by molar-refractivity contribution is -0.123. The van der Waals surface area contributed by atoms with Crippen LogP contribution in [0.2, 0.25) is 0 Å². The summed E-state index contributed by atoms with van der Waals surface area (Å²) in [6, 6.07) is 13.1. The lowest BCUT2D eigenvalue weighted by Crippen LogP contribution is -2.28. The third kappa shape index (κ3) is 4.64. The number of hydrogen-bond donors (Lipinski definition) is 1. The van der Waals surface area contributed by atoms with E-state index in [9.17, 15) is 4.79 Å². The highest BCUT2D eigenvalue weighted by molar-refractivity contribution is 5.77. The number of carbonyl (C=O) groups excluding carboxylic acids is 1. The van der Waals surface area contributed by atoms with Crippen LogP contribution in [0, 0.1) is 6.92 Å². The van der Waals surface area contributed by atoms with E-state index in [-0.39, 0.29) is 12.5 Å². The number of para-hydroxylation sites is 2. The summed E-state index contributed by atoms with van der Waals surface area (Å²) in [5, 5.41) is 2.82. The van der Waals surface area contributed by atoms with Crippen LogP contribution in [0.25, 0.3) is 0 Å². The van der Waals surface area contributed by atoms with Gasteiger partial charge in [-0.15, -0.1) is 0 Å². The Morgan fingerprint density at radius 3 is 2.39 bits per heavy atom. The molecule has 0 atom stereocenters. The van der Waals surface area contributed by atoms with Crippen LogP contribution in [-0.2, 0) is 11.3 Å². The van der Waals surface area contributed by atoms with Gasteiger partial charge in [-0.25, -0.2) is 0 Å². The zero-order chi connectivity index (χ0) is 16.7. The first kappa shape index (κ1) is 16.7. The highest BCUT2D eigenvalue weighted by Crippen LogP contribution is 2.25. The molecule has 0 aliphatic rings. The summed E-state index contributed by atoms with van der Waals surface area (Å²) in [6.07, 6.45) is 0. The summed E-state index contributed by atoms with van der Waals surface area (Å²) >= 11 is 0. The van der Waals surface area contributed by atoms with E-state index in [0.29, 0.717) is 18.0 Å². The van der Waals surface area contributed by atoms with Crippen molar-refractivity contribution in [2.24, 2.45) is 0 Å². The number of amides is 1. The Hall–Kier alpha value is -2.69. The molecule has 0 heterocycles. The molecule has 0 fully saturated rings. The van der Waals surface area contributed by atoms with Crippen molar-refractivity contribution < 1.29 is 19.0 Å². The number of benzene rings is 2. The number of nitrogens with one attached hydrogen (secondary N) is 1. The first-order valence-electron chi connectivity index (χ1n) is 7.30. The van der Waals surface area contributed by atoms with Crippen molar-refractivity contribution in [2.45, 2.75) is 13.5 Å². The molecule has 0 radical (unpaired) electrons. The number of ether oxygens (including phenoxy) is 3. The molecular formula is C18H21NO4. The summed E-state index contributed by atoms with van der Waals surface area (Å²) in [4.78, 5) is 12.0. The van der Waals surface area contributed by atoms with Crippen LogP contribution in [0.4, 0.5) is 0 Å². The molecule has 0 saturated carbocycles. The van der Waals surface area contributed by atoms with Gasteiger partial charge in [0.2, 0.25) is 0 Å². The van der Waals surface area contributed by atoms with Crippen molar-refractivity contribution in [3.8, 4) is 17.2 Å². The Morgan fingerprint density at radius 1 is 1.00 bits per heavy atom. The molecule has 23 heavy (non-hydrogen) atoms. The standard InChI is InChI=1S/C18H21NO4/c1-13-8-9-15(21-2)14(10-13)11-19-18(20)12-23-17-7-5-4-6-16(17)22-3/h4-10H,11-12H2,1-3H3,(H,19,20). The molecule has 2 aromatic rings.